The summed E-state index contributed by atoms with van der Waals surface area (Å²) in [6.45, 7) is 4.19. The van der Waals surface area contributed by atoms with E-state index in [0.29, 0.717) is 17.2 Å². The number of nitrogens with zero attached hydrogens (tertiary/aromatic N) is 3. The molecule has 0 aromatic heterocycles. The number of imide groups is 1. The molecule has 0 bridgehead atoms. The van der Waals surface area contributed by atoms with Gasteiger partial charge in [0.25, 0.3) is 5.91 Å². The normalized spacial score (nSPS) is 20.6. The molecular formula is C23H27N3O4. The smallest absolute Gasteiger partial charge is 0.251 e. The van der Waals surface area contributed by atoms with E-state index in [2.05, 4.69) is 34.1 Å². The van der Waals surface area contributed by atoms with E-state index in [0.717, 1.165) is 32.7 Å². The van der Waals surface area contributed by atoms with E-state index in [4.69, 9.17) is 9.47 Å². The summed E-state index contributed by atoms with van der Waals surface area (Å²) >= 11 is 0. The average molecular weight is 409 g/mol. The molecule has 2 aromatic carbocycles. The third-order valence-corrected chi connectivity index (χ3v) is 5.85. The summed E-state index contributed by atoms with van der Waals surface area (Å²) in [6, 6.07) is 15.1. The summed E-state index contributed by atoms with van der Waals surface area (Å²) in [6.07, 6.45) is 0.201. The number of piperazine rings is 1. The number of anilines is 1. The van der Waals surface area contributed by atoms with Gasteiger partial charge in [-0.2, -0.15) is 0 Å². The lowest BCUT2D eigenvalue weighted by molar-refractivity contribution is -0.123. The van der Waals surface area contributed by atoms with Gasteiger partial charge in [0.05, 0.1) is 32.4 Å². The van der Waals surface area contributed by atoms with E-state index in [9.17, 15) is 9.59 Å². The van der Waals surface area contributed by atoms with E-state index < -0.39 is 6.04 Å². The Balaban J connectivity index is 1.42. The third-order valence-electron chi connectivity index (χ3n) is 5.85. The maximum Gasteiger partial charge on any atom is 0.251 e. The highest BCUT2D eigenvalue weighted by Crippen LogP contribution is 2.36. The summed E-state index contributed by atoms with van der Waals surface area (Å²) in [5, 5.41) is 0. The molecule has 2 amide bonds. The van der Waals surface area contributed by atoms with Gasteiger partial charge < -0.3 is 9.47 Å². The highest BCUT2D eigenvalue weighted by molar-refractivity contribution is 6.23. The fourth-order valence-electron chi connectivity index (χ4n) is 4.20. The molecule has 7 nitrogen and oxygen atoms in total. The first kappa shape index (κ1) is 20.4. The first-order valence-electron chi connectivity index (χ1n) is 10.2. The van der Waals surface area contributed by atoms with Crippen LogP contribution in [0.4, 0.5) is 5.69 Å². The van der Waals surface area contributed by atoms with Crippen molar-refractivity contribution in [2.24, 2.45) is 0 Å². The molecule has 158 valence electrons. The minimum absolute atomic E-state index is 0.181. The van der Waals surface area contributed by atoms with Crippen molar-refractivity contribution < 1.29 is 19.1 Å². The van der Waals surface area contributed by atoms with Gasteiger partial charge >= 0.3 is 0 Å². The highest BCUT2D eigenvalue weighted by atomic mass is 16.5. The van der Waals surface area contributed by atoms with Crippen LogP contribution in [0.15, 0.2) is 48.5 Å². The van der Waals surface area contributed by atoms with Crippen molar-refractivity contribution in [3.63, 3.8) is 0 Å². The third kappa shape index (κ3) is 4.04. The lowest BCUT2D eigenvalue weighted by Crippen LogP contribution is -2.52. The Kier molecular flexibility index (Phi) is 6.01. The Morgan fingerprint density at radius 3 is 2.33 bits per heavy atom. The largest absolute Gasteiger partial charge is 0.497 e. The summed E-state index contributed by atoms with van der Waals surface area (Å²) in [5.41, 5.74) is 1.76. The topological polar surface area (TPSA) is 62.3 Å². The van der Waals surface area contributed by atoms with Gasteiger partial charge in [0, 0.05) is 38.8 Å². The monoisotopic (exact) mass is 409 g/mol. The standard InChI is InChI=1S/C23H27N3O4/c1-29-18-8-9-19(21(14-18)30-2)26-22(27)15-20(23(26)28)25-12-10-24(11-13-25)16-17-6-4-3-5-7-17/h3-9,14,20H,10-13,15-16H2,1-2H3/t20-/m1/s1. The van der Waals surface area contributed by atoms with Crippen molar-refractivity contribution in [1.29, 1.82) is 0 Å². The zero-order valence-electron chi connectivity index (χ0n) is 17.4. The van der Waals surface area contributed by atoms with Crippen LogP contribution in [-0.4, -0.2) is 68.1 Å². The van der Waals surface area contributed by atoms with Crippen molar-refractivity contribution in [3.8, 4) is 11.5 Å². The molecule has 2 fully saturated rings. The van der Waals surface area contributed by atoms with Gasteiger partial charge in [-0.05, 0) is 17.7 Å². The molecule has 30 heavy (non-hydrogen) atoms. The molecule has 4 rings (SSSR count). The van der Waals surface area contributed by atoms with E-state index in [-0.39, 0.29) is 18.2 Å². The molecule has 0 N–H and O–H groups in total. The van der Waals surface area contributed by atoms with Crippen LogP contribution in [0.3, 0.4) is 0 Å². The number of hydrogen-bond donors (Lipinski definition) is 0. The predicted molar refractivity (Wildman–Crippen MR) is 114 cm³/mol. The Labute approximate surface area is 176 Å². The number of carbonyl (C=O) groups excluding carboxylic acids is 2. The minimum atomic E-state index is -0.414. The lowest BCUT2D eigenvalue weighted by atomic mass is 10.1. The molecule has 0 spiro atoms. The molecule has 2 aromatic rings. The van der Waals surface area contributed by atoms with Crippen LogP contribution < -0.4 is 14.4 Å². The van der Waals surface area contributed by atoms with Crippen molar-refractivity contribution in [1.82, 2.24) is 9.80 Å². The molecule has 2 aliphatic rings. The molecule has 1 atom stereocenters. The quantitative estimate of drug-likeness (QED) is 0.682. The summed E-state index contributed by atoms with van der Waals surface area (Å²) < 4.78 is 10.6. The van der Waals surface area contributed by atoms with Crippen LogP contribution >= 0.6 is 0 Å². The lowest BCUT2D eigenvalue weighted by Gasteiger charge is -2.37. The van der Waals surface area contributed by atoms with Crippen molar-refractivity contribution in [2.45, 2.75) is 19.0 Å². The first-order valence-corrected chi connectivity index (χ1v) is 10.2. The van der Waals surface area contributed by atoms with E-state index in [1.165, 1.54) is 17.6 Å². The van der Waals surface area contributed by atoms with Crippen molar-refractivity contribution in [2.75, 3.05) is 45.3 Å². The van der Waals surface area contributed by atoms with Gasteiger partial charge in [-0.3, -0.25) is 19.4 Å². The Morgan fingerprint density at radius 2 is 1.67 bits per heavy atom. The van der Waals surface area contributed by atoms with Gasteiger partial charge in [0.1, 0.15) is 11.5 Å². The van der Waals surface area contributed by atoms with Crippen molar-refractivity contribution >= 4 is 17.5 Å². The second kappa shape index (κ2) is 8.85. The van der Waals surface area contributed by atoms with Crippen LogP contribution in [0.2, 0.25) is 0 Å². The van der Waals surface area contributed by atoms with Gasteiger partial charge in [0.15, 0.2) is 0 Å². The summed E-state index contributed by atoms with van der Waals surface area (Å²) in [7, 11) is 3.08. The molecule has 2 saturated heterocycles. The second-order valence-electron chi connectivity index (χ2n) is 7.62. The molecule has 7 heteroatoms. The van der Waals surface area contributed by atoms with Crippen LogP contribution in [0.25, 0.3) is 0 Å². The number of hydrogen-bond acceptors (Lipinski definition) is 6. The molecule has 0 saturated carbocycles. The molecular weight excluding hydrogens is 382 g/mol. The van der Waals surface area contributed by atoms with Crippen molar-refractivity contribution in [3.05, 3.63) is 54.1 Å². The van der Waals surface area contributed by atoms with Crippen LogP contribution in [-0.2, 0) is 16.1 Å². The number of ether oxygens (including phenoxy) is 2. The summed E-state index contributed by atoms with van der Waals surface area (Å²) in [4.78, 5) is 31.7. The average Bonchev–Trinajstić information content (AvgIpc) is 3.08. The zero-order chi connectivity index (χ0) is 21.1. The number of carbonyl (C=O) groups is 2. The molecule has 0 radical (unpaired) electrons. The van der Waals surface area contributed by atoms with Gasteiger partial charge in [-0.25, -0.2) is 4.90 Å². The zero-order valence-corrected chi connectivity index (χ0v) is 17.4. The molecule has 0 unspecified atom stereocenters. The fraction of sp³-hybridized carbons (Fsp3) is 0.391. The van der Waals surface area contributed by atoms with Gasteiger partial charge in [-0.1, -0.05) is 30.3 Å². The number of methoxy groups -OCH3 is 2. The Morgan fingerprint density at radius 1 is 0.933 bits per heavy atom. The van der Waals surface area contributed by atoms with E-state index >= 15 is 0 Å². The summed E-state index contributed by atoms with van der Waals surface area (Å²) in [5.74, 6) is 0.685. The molecule has 2 aliphatic heterocycles. The predicted octanol–water partition coefficient (Wildman–Crippen LogP) is 2.15. The fourth-order valence-corrected chi connectivity index (χ4v) is 4.20. The Hall–Kier alpha value is -2.90. The minimum Gasteiger partial charge on any atom is -0.497 e. The SMILES string of the molecule is COc1ccc(N2C(=O)C[C@@H](N3CCN(Cc4ccccc4)CC3)C2=O)c(OC)c1. The van der Waals surface area contributed by atoms with Gasteiger partial charge in [-0.15, -0.1) is 0 Å². The van der Waals surface area contributed by atoms with Gasteiger partial charge in [0.2, 0.25) is 5.91 Å². The molecule has 0 aliphatic carbocycles. The number of amides is 2. The van der Waals surface area contributed by atoms with E-state index in [1.54, 1.807) is 25.3 Å². The maximum atomic E-state index is 13.2. The van der Waals surface area contributed by atoms with Crippen LogP contribution in [0.1, 0.15) is 12.0 Å². The van der Waals surface area contributed by atoms with E-state index in [1.807, 2.05) is 6.07 Å². The van der Waals surface area contributed by atoms with Crippen LogP contribution in [0, 0.1) is 0 Å². The Bertz CT molecular complexity index is 910. The second-order valence-corrected chi connectivity index (χ2v) is 7.62. The molecule has 2 heterocycles. The first-order chi connectivity index (χ1) is 14.6. The van der Waals surface area contributed by atoms with Crippen LogP contribution in [0.5, 0.6) is 11.5 Å². The maximum absolute atomic E-state index is 13.2. The number of rotatable bonds is 6. The number of benzene rings is 2. The highest BCUT2D eigenvalue weighted by Gasteiger charge is 2.44.